The topological polar surface area (TPSA) is 90.5 Å². The lowest BCUT2D eigenvalue weighted by Gasteiger charge is -2.33. The van der Waals surface area contributed by atoms with Gasteiger partial charge in [0.2, 0.25) is 5.91 Å². The SMILES string of the molecule is CC1CCC2(CC1)NC(=O)N(CC(=O)Nc1ccc3c(c1F)CCNC3)C2=O.Cl. The Hall–Kier alpha value is -2.19. The Labute approximate surface area is 175 Å². The van der Waals surface area contributed by atoms with Gasteiger partial charge in [-0.15, -0.1) is 12.4 Å². The van der Waals surface area contributed by atoms with Crippen LogP contribution in [0.4, 0.5) is 14.9 Å². The first-order valence-corrected chi connectivity index (χ1v) is 9.84. The molecule has 9 heteroatoms. The molecule has 0 radical (unpaired) electrons. The smallest absolute Gasteiger partial charge is 0.323 e. The molecule has 29 heavy (non-hydrogen) atoms. The van der Waals surface area contributed by atoms with Gasteiger partial charge < -0.3 is 16.0 Å². The van der Waals surface area contributed by atoms with E-state index < -0.39 is 29.8 Å². The van der Waals surface area contributed by atoms with Crippen molar-refractivity contribution >= 4 is 35.9 Å². The molecule has 0 bridgehead atoms. The first kappa shape index (κ1) is 21.5. The van der Waals surface area contributed by atoms with E-state index in [-0.39, 0.29) is 24.0 Å². The molecule has 1 saturated heterocycles. The van der Waals surface area contributed by atoms with Crippen molar-refractivity contribution in [2.24, 2.45) is 5.92 Å². The molecule has 3 aliphatic rings. The summed E-state index contributed by atoms with van der Waals surface area (Å²) in [6.45, 7) is 3.00. The van der Waals surface area contributed by atoms with E-state index >= 15 is 0 Å². The van der Waals surface area contributed by atoms with E-state index in [1.54, 1.807) is 6.07 Å². The highest BCUT2D eigenvalue weighted by atomic mass is 35.5. The van der Waals surface area contributed by atoms with Gasteiger partial charge in [0, 0.05) is 6.54 Å². The number of benzene rings is 1. The van der Waals surface area contributed by atoms with Gasteiger partial charge in [0.05, 0.1) is 5.69 Å². The maximum atomic E-state index is 14.7. The molecule has 1 aliphatic carbocycles. The lowest BCUT2D eigenvalue weighted by molar-refractivity contribution is -0.135. The van der Waals surface area contributed by atoms with Gasteiger partial charge in [0.15, 0.2) is 0 Å². The molecule has 4 amide bonds. The van der Waals surface area contributed by atoms with Crippen LogP contribution in [0.2, 0.25) is 0 Å². The third-order valence-corrected chi connectivity index (χ3v) is 6.16. The van der Waals surface area contributed by atoms with E-state index in [1.807, 2.05) is 0 Å². The number of carbonyl (C=O) groups excluding carboxylic acids is 3. The monoisotopic (exact) mass is 424 g/mol. The molecule has 158 valence electrons. The molecule has 2 aliphatic heterocycles. The number of nitrogens with zero attached hydrogens (tertiary/aromatic N) is 1. The van der Waals surface area contributed by atoms with E-state index in [1.165, 1.54) is 6.07 Å². The number of fused-ring (bicyclic) bond motifs is 1. The molecular formula is C20H26ClFN4O3. The predicted octanol–water partition coefficient (Wildman–Crippen LogP) is 2.33. The van der Waals surface area contributed by atoms with Crippen molar-refractivity contribution in [3.8, 4) is 0 Å². The highest BCUT2D eigenvalue weighted by Gasteiger charge is 2.52. The van der Waals surface area contributed by atoms with Crippen molar-refractivity contribution in [3.05, 3.63) is 29.1 Å². The summed E-state index contributed by atoms with van der Waals surface area (Å²) >= 11 is 0. The Bertz CT molecular complexity index is 839. The summed E-state index contributed by atoms with van der Waals surface area (Å²) in [5.74, 6) is -0.855. The number of anilines is 1. The molecule has 7 nitrogen and oxygen atoms in total. The summed E-state index contributed by atoms with van der Waals surface area (Å²) < 4.78 is 14.7. The zero-order chi connectivity index (χ0) is 19.9. The minimum absolute atomic E-state index is 0. The Morgan fingerprint density at radius 1 is 1.31 bits per heavy atom. The molecule has 0 unspecified atom stereocenters. The number of amides is 4. The third-order valence-electron chi connectivity index (χ3n) is 6.16. The van der Waals surface area contributed by atoms with E-state index in [2.05, 4.69) is 22.9 Å². The van der Waals surface area contributed by atoms with Gasteiger partial charge in [-0.05, 0) is 61.8 Å². The Morgan fingerprint density at radius 2 is 2.03 bits per heavy atom. The van der Waals surface area contributed by atoms with Crippen LogP contribution in [0.5, 0.6) is 0 Å². The zero-order valence-electron chi connectivity index (χ0n) is 16.3. The minimum Gasteiger partial charge on any atom is -0.323 e. The van der Waals surface area contributed by atoms with Crippen LogP contribution in [0.15, 0.2) is 12.1 Å². The standard InChI is InChI=1S/C20H25FN4O3.ClH/c1-12-4-7-20(8-5-12)18(27)25(19(28)24-20)11-16(26)23-15-3-2-13-10-22-9-6-14(13)17(15)21;/h2-3,12,22H,4-11H2,1H3,(H,23,26)(H,24,28);1H. The van der Waals surface area contributed by atoms with Crippen LogP contribution in [0.25, 0.3) is 0 Å². The molecule has 4 rings (SSSR count). The van der Waals surface area contributed by atoms with Crippen LogP contribution in [0.3, 0.4) is 0 Å². The highest BCUT2D eigenvalue weighted by molar-refractivity contribution is 6.10. The second-order valence-electron chi connectivity index (χ2n) is 8.13. The van der Waals surface area contributed by atoms with E-state index in [9.17, 15) is 18.8 Å². The van der Waals surface area contributed by atoms with Crippen LogP contribution < -0.4 is 16.0 Å². The highest BCUT2D eigenvalue weighted by Crippen LogP contribution is 2.36. The number of nitrogens with one attached hydrogen (secondary N) is 3. The molecule has 0 atom stereocenters. The van der Waals surface area contributed by atoms with Crippen LogP contribution >= 0.6 is 12.4 Å². The van der Waals surface area contributed by atoms with Crippen LogP contribution in [-0.2, 0) is 22.6 Å². The largest absolute Gasteiger partial charge is 0.325 e. The maximum Gasteiger partial charge on any atom is 0.325 e. The van der Waals surface area contributed by atoms with Gasteiger partial charge in [-0.2, -0.15) is 0 Å². The van der Waals surface area contributed by atoms with Crippen LogP contribution in [0, 0.1) is 11.7 Å². The molecule has 0 aromatic heterocycles. The zero-order valence-corrected chi connectivity index (χ0v) is 17.2. The van der Waals surface area contributed by atoms with Gasteiger partial charge in [0.25, 0.3) is 5.91 Å². The summed E-state index contributed by atoms with van der Waals surface area (Å²) in [5.41, 5.74) is 0.679. The fourth-order valence-corrected chi connectivity index (χ4v) is 4.38. The Kier molecular flexibility index (Phi) is 6.14. The number of carbonyl (C=O) groups is 3. The first-order valence-electron chi connectivity index (χ1n) is 9.84. The van der Waals surface area contributed by atoms with Crippen molar-refractivity contribution in [1.82, 2.24) is 15.5 Å². The summed E-state index contributed by atoms with van der Waals surface area (Å²) in [4.78, 5) is 38.5. The van der Waals surface area contributed by atoms with Gasteiger partial charge >= 0.3 is 6.03 Å². The second-order valence-corrected chi connectivity index (χ2v) is 8.13. The first-order chi connectivity index (χ1) is 13.4. The average Bonchev–Trinajstić information content (AvgIpc) is 2.91. The number of imide groups is 1. The molecular weight excluding hydrogens is 399 g/mol. The maximum absolute atomic E-state index is 14.7. The van der Waals surface area contributed by atoms with Crippen molar-refractivity contribution in [2.45, 2.75) is 51.1 Å². The predicted molar refractivity (Wildman–Crippen MR) is 108 cm³/mol. The van der Waals surface area contributed by atoms with Crippen LogP contribution in [-0.4, -0.2) is 41.4 Å². The molecule has 1 aromatic carbocycles. The molecule has 1 saturated carbocycles. The second kappa shape index (κ2) is 8.28. The van der Waals surface area contributed by atoms with E-state index in [0.29, 0.717) is 43.8 Å². The van der Waals surface area contributed by atoms with E-state index in [0.717, 1.165) is 23.3 Å². The molecule has 1 spiro atoms. The summed E-state index contributed by atoms with van der Waals surface area (Å²) in [5, 5.41) is 8.48. The van der Waals surface area contributed by atoms with E-state index in [4.69, 9.17) is 0 Å². The molecule has 1 aromatic rings. The van der Waals surface area contributed by atoms with Crippen molar-refractivity contribution in [2.75, 3.05) is 18.4 Å². The number of rotatable bonds is 3. The fraction of sp³-hybridized carbons (Fsp3) is 0.550. The Balaban J connectivity index is 0.00000240. The quantitative estimate of drug-likeness (QED) is 0.649. The normalized spacial score (nSPS) is 26.0. The van der Waals surface area contributed by atoms with Gasteiger partial charge in [-0.25, -0.2) is 9.18 Å². The van der Waals surface area contributed by atoms with Crippen molar-refractivity contribution < 1.29 is 18.8 Å². The lowest BCUT2D eigenvalue weighted by atomic mass is 9.77. The summed E-state index contributed by atoms with van der Waals surface area (Å²) in [6.07, 6.45) is 3.45. The minimum atomic E-state index is -0.881. The fourth-order valence-electron chi connectivity index (χ4n) is 4.38. The number of urea groups is 1. The number of hydrogen-bond acceptors (Lipinski definition) is 4. The van der Waals surface area contributed by atoms with Crippen molar-refractivity contribution in [1.29, 1.82) is 0 Å². The van der Waals surface area contributed by atoms with Gasteiger partial charge in [-0.1, -0.05) is 13.0 Å². The van der Waals surface area contributed by atoms with Crippen molar-refractivity contribution in [3.63, 3.8) is 0 Å². The lowest BCUT2D eigenvalue weighted by Crippen LogP contribution is -2.49. The number of hydrogen-bond donors (Lipinski definition) is 3. The van der Waals surface area contributed by atoms with Gasteiger partial charge in [-0.3, -0.25) is 14.5 Å². The molecule has 3 N–H and O–H groups in total. The Morgan fingerprint density at radius 3 is 2.76 bits per heavy atom. The average molecular weight is 425 g/mol. The summed E-state index contributed by atoms with van der Waals surface area (Å²) in [6, 6.07) is 2.76. The number of halogens is 2. The molecule has 2 heterocycles. The van der Waals surface area contributed by atoms with Gasteiger partial charge in [0.1, 0.15) is 17.9 Å². The van der Waals surface area contributed by atoms with Crippen LogP contribution in [0.1, 0.15) is 43.7 Å². The molecule has 2 fully saturated rings. The third kappa shape index (κ3) is 3.96. The summed E-state index contributed by atoms with van der Waals surface area (Å²) in [7, 11) is 0.